The number of carbonyl (C=O) groups excluding carboxylic acids is 1. The quantitative estimate of drug-likeness (QED) is 0.645. The molecule has 0 aliphatic carbocycles. The van der Waals surface area contributed by atoms with Crippen LogP contribution in [0.15, 0.2) is 69.5 Å². The van der Waals surface area contributed by atoms with Crippen molar-refractivity contribution in [1.29, 1.82) is 0 Å². The van der Waals surface area contributed by atoms with Gasteiger partial charge in [0.25, 0.3) is 10.0 Å². The average Bonchev–Trinajstić information content (AvgIpc) is 2.94. The average molecular weight is 480 g/mol. The third kappa shape index (κ3) is 4.56. The van der Waals surface area contributed by atoms with E-state index in [1.807, 2.05) is 0 Å². The Hall–Kier alpha value is -2.52. The maximum atomic E-state index is 14.1. The van der Waals surface area contributed by atoms with Crippen LogP contribution in [-0.4, -0.2) is 37.6 Å². The van der Waals surface area contributed by atoms with Crippen molar-refractivity contribution in [2.75, 3.05) is 6.54 Å². The number of benzene rings is 2. The van der Waals surface area contributed by atoms with Crippen LogP contribution in [0.5, 0.6) is 0 Å². The lowest BCUT2D eigenvalue weighted by Gasteiger charge is -2.24. The van der Waals surface area contributed by atoms with Crippen molar-refractivity contribution in [3.05, 3.63) is 76.5 Å². The Labute approximate surface area is 177 Å². The Morgan fingerprint density at radius 3 is 2.79 bits per heavy atom. The molecule has 2 aromatic carbocycles. The lowest BCUT2D eigenvalue weighted by Crippen LogP contribution is -2.38. The van der Waals surface area contributed by atoms with Crippen LogP contribution < -0.4 is 4.72 Å². The fraction of sp³-hybridized carbons (Fsp3) is 0.200. The number of amidine groups is 1. The zero-order valence-corrected chi connectivity index (χ0v) is 18.0. The number of aliphatic imine (C=N–C) groups is 1. The highest BCUT2D eigenvalue weighted by molar-refractivity contribution is 9.10. The summed E-state index contributed by atoms with van der Waals surface area (Å²) in [7, 11) is -3.69. The summed E-state index contributed by atoms with van der Waals surface area (Å²) in [5.74, 6) is -0.680. The summed E-state index contributed by atoms with van der Waals surface area (Å²) in [4.78, 5) is 18.8. The number of hydrogen-bond donors (Lipinski definition) is 1. The van der Waals surface area contributed by atoms with Gasteiger partial charge in [0.1, 0.15) is 17.7 Å². The van der Waals surface area contributed by atoms with Crippen LogP contribution in [0.3, 0.4) is 0 Å². The molecule has 3 rings (SSSR count). The molecular weight excluding hydrogens is 461 g/mol. The summed E-state index contributed by atoms with van der Waals surface area (Å²) in [6.45, 7) is 5.45. The minimum Gasteiger partial charge on any atom is -0.333 e. The second kappa shape index (κ2) is 8.46. The van der Waals surface area contributed by atoms with Gasteiger partial charge in [0, 0.05) is 28.7 Å². The van der Waals surface area contributed by atoms with Gasteiger partial charge in [0.05, 0.1) is 4.90 Å². The monoisotopic (exact) mass is 479 g/mol. The van der Waals surface area contributed by atoms with Gasteiger partial charge in [-0.05, 0) is 37.3 Å². The summed E-state index contributed by atoms with van der Waals surface area (Å²) in [5.41, 5.74) is 0.766. The highest BCUT2D eigenvalue weighted by Crippen LogP contribution is 2.23. The van der Waals surface area contributed by atoms with Gasteiger partial charge in [0.2, 0.25) is 5.91 Å². The molecule has 0 unspecified atom stereocenters. The third-order valence-electron chi connectivity index (χ3n) is 4.37. The van der Waals surface area contributed by atoms with E-state index in [9.17, 15) is 17.6 Å². The lowest BCUT2D eigenvalue weighted by atomic mass is 10.1. The van der Waals surface area contributed by atoms with Gasteiger partial charge in [-0.2, -0.15) is 0 Å². The van der Waals surface area contributed by atoms with E-state index in [0.29, 0.717) is 15.6 Å². The molecule has 1 aliphatic heterocycles. The maximum absolute atomic E-state index is 14.1. The van der Waals surface area contributed by atoms with E-state index in [4.69, 9.17) is 0 Å². The molecule has 1 amide bonds. The Balaban J connectivity index is 1.86. The van der Waals surface area contributed by atoms with E-state index in [1.54, 1.807) is 43.3 Å². The standard InChI is InChI=1S/C20H19BrFN3O3S/c1-3-10-25(12-14-11-15(21)8-9-17(14)22)20(26)13(2)23-19-16-6-4-5-7-18(16)29(27,28)24-19/h3-9,11,13H,1,10,12H2,2H3,(H,23,24)/t13-/m0/s1. The van der Waals surface area contributed by atoms with Crippen molar-refractivity contribution in [3.63, 3.8) is 0 Å². The molecule has 0 aromatic heterocycles. The van der Waals surface area contributed by atoms with Crippen molar-refractivity contribution >= 4 is 37.7 Å². The number of fused-ring (bicyclic) bond motifs is 1. The molecule has 1 N–H and O–H groups in total. The fourth-order valence-electron chi connectivity index (χ4n) is 3.00. The van der Waals surface area contributed by atoms with Gasteiger partial charge in [-0.1, -0.05) is 34.1 Å². The minimum absolute atomic E-state index is 0.0354. The summed E-state index contributed by atoms with van der Waals surface area (Å²) >= 11 is 3.30. The lowest BCUT2D eigenvalue weighted by molar-refractivity contribution is -0.132. The third-order valence-corrected chi connectivity index (χ3v) is 6.26. The molecule has 0 saturated carbocycles. The van der Waals surface area contributed by atoms with Crippen LogP contribution in [0.25, 0.3) is 0 Å². The van der Waals surface area contributed by atoms with Crippen molar-refractivity contribution in [2.24, 2.45) is 4.99 Å². The van der Waals surface area contributed by atoms with Gasteiger partial charge >= 0.3 is 0 Å². The highest BCUT2D eigenvalue weighted by atomic mass is 79.9. The first-order valence-corrected chi connectivity index (χ1v) is 11.0. The number of carbonyl (C=O) groups is 1. The number of nitrogens with one attached hydrogen (secondary N) is 1. The van der Waals surface area contributed by atoms with Crippen molar-refractivity contribution in [1.82, 2.24) is 9.62 Å². The zero-order valence-electron chi connectivity index (χ0n) is 15.6. The molecule has 152 valence electrons. The van der Waals surface area contributed by atoms with Gasteiger partial charge in [0.15, 0.2) is 0 Å². The normalized spacial score (nSPS) is 16.7. The van der Waals surface area contributed by atoms with E-state index >= 15 is 0 Å². The van der Waals surface area contributed by atoms with Crippen LogP contribution in [0.1, 0.15) is 18.1 Å². The molecule has 0 spiro atoms. The molecule has 6 nitrogen and oxygen atoms in total. The van der Waals surface area contributed by atoms with Crippen LogP contribution in [-0.2, 0) is 21.4 Å². The molecule has 0 bridgehead atoms. The first kappa shape index (κ1) is 21.2. The number of amides is 1. The number of hydrogen-bond acceptors (Lipinski definition) is 4. The van der Waals surface area contributed by atoms with Crippen LogP contribution in [0.4, 0.5) is 4.39 Å². The summed E-state index contributed by atoms with van der Waals surface area (Å²) < 4.78 is 41.6. The molecular formula is C20H19BrFN3O3S. The Morgan fingerprint density at radius 1 is 1.34 bits per heavy atom. The van der Waals surface area contributed by atoms with Crippen molar-refractivity contribution in [2.45, 2.75) is 24.4 Å². The summed E-state index contributed by atoms with van der Waals surface area (Å²) in [5, 5.41) is 0. The predicted molar refractivity (Wildman–Crippen MR) is 112 cm³/mol. The van der Waals surface area contributed by atoms with E-state index < -0.39 is 21.9 Å². The molecule has 1 atom stereocenters. The van der Waals surface area contributed by atoms with Crippen LogP contribution >= 0.6 is 15.9 Å². The van der Waals surface area contributed by atoms with Gasteiger partial charge in [-0.15, -0.1) is 6.58 Å². The molecule has 9 heteroatoms. The van der Waals surface area contributed by atoms with Gasteiger partial charge < -0.3 is 4.90 Å². The number of halogens is 2. The molecule has 29 heavy (non-hydrogen) atoms. The summed E-state index contributed by atoms with van der Waals surface area (Å²) in [6.07, 6.45) is 1.54. The van der Waals surface area contributed by atoms with E-state index in [2.05, 4.69) is 32.2 Å². The second-order valence-corrected chi connectivity index (χ2v) is 9.07. The highest BCUT2D eigenvalue weighted by Gasteiger charge is 2.31. The Bertz CT molecular complexity index is 1100. The minimum atomic E-state index is -3.69. The fourth-order valence-corrected chi connectivity index (χ4v) is 4.65. The van der Waals surface area contributed by atoms with Crippen molar-refractivity contribution in [3.8, 4) is 0 Å². The molecule has 1 heterocycles. The number of nitrogens with zero attached hydrogens (tertiary/aromatic N) is 2. The van der Waals surface area contributed by atoms with E-state index in [-0.39, 0.29) is 29.7 Å². The molecule has 0 fully saturated rings. The van der Waals surface area contributed by atoms with Crippen LogP contribution in [0, 0.1) is 5.82 Å². The molecule has 1 aliphatic rings. The zero-order chi connectivity index (χ0) is 21.2. The predicted octanol–water partition coefficient (Wildman–Crippen LogP) is 3.23. The van der Waals surface area contributed by atoms with Crippen molar-refractivity contribution < 1.29 is 17.6 Å². The van der Waals surface area contributed by atoms with Crippen LogP contribution in [0.2, 0.25) is 0 Å². The topological polar surface area (TPSA) is 78.8 Å². The number of rotatable bonds is 6. The maximum Gasteiger partial charge on any atom is 0.263 e. The Kier molecular flexibility index (Phi) is 6.18. The SMILES string of the molecule is C=CCN(Cc1cc(Br)ccc1F)C(=O)[C@H](C)N=C1NS(=O)(=O)c2ccccc21. The first-order chi connectivity index (χ1) is 13.7. The largest absolute Gasteiger partial charge is 0.333 e. The Morgan fingerprint density at radius 2 is 2.07 bits per heavy atom. The molecule has 0 saturated heterocycles. The first-order valence-electron chi connectivity index (χ1n) is 8.76. The van der Waals surface area contributed by atoms with Gasteiger partial charge in [-0.3, -0.25) is 14.5 Å². The smallest absolute Gasteiger partial charge is 0.263 e. The summed E-state index contributed by atoms with van der Waals surface area (Å²) in [6, 6.07) is 10.1. The van der Waals surface area contributed by atoms with E-state index in [0.717, 1.165) is 0 Å². The van der Waals surface area contributed by atoms with Gasteiger partial charge in [-0.25, -0.2) is 12.8 Å². The molecule has 0 radical (unpaired) electrons. The molecule has 2 aromatic rings. The second-order valence-electron chi connectivity index (χ2n) is 6.50. The van der Waals surface area contributed by atoms with E-state index in [1.165, 1.54) is 17.0 Å². The number of sulfonamides is 1.